The summed E-state index contributed by atoms with van der Waals surface area (Å²) in [6.45, 7) is 18.1. The average molecular weight is 765 g/mol. The predicted octanol–water partition coefficient (Wildman–Crippen LogP) is 15.3. The van der Waals surface area contributed by atoms with E-state index in [-0.39, 0.29) is 0 Å². The van der Waals surface area contributed by atoms with E-state index in [9.17, 15) is 13.2 Å². The Bertz CT molecular complexity index is 1780. The van der Waals surface area contributed by atoms with Crippen molar-refractivity contribution in [3.63, 3.8) is 0 Å². The lowest BCUT2D eigenvalue weighted by atomic mass is 10.2. The van der Waals surface area contributed by atoms with Gasteiger partial charge in [0.05, 0.1) is 6.26 Å². The number of alkyl halides is 3. The largest absolute Gasteiger partial charge is 0.470 e. The summed E-state index contributed by atoms with van der Waals surface area (Å²) >= 11 is 11.5. The monoisotopic (exact) mass is 763 g/mol. The summed E-state index contributed by atoms with van der Waals surface area (Å²) in [5.74, 6) is 2.05. The summed E-state index contributed by atoms with van der Waals surface area (Å²) in [6.07, 6.45) is 1.46. The van der Waals surface area contributed by atoms with Gasteiger partial charge in [-0.3, -0.25) is 4.98 Å². The molecule has 1 fully saturated rings. The highest BCUT2D eigenvalue weighted by molar-refractivity contribution is 6.31. The van der Waals surface area contributed by atoms with Crippen LogP contribution in [0.15, 0.2) is 138 Å². The van der Waals surface area contributed by atoms with Crippen molar-refractivity contribution in [1.82, 2.24) is 4.98 Å². The minimum Gasteiger partial charge on any atom is -0.470 e. The summed E-state index contributed by atoms with van der Waals surface area (Å²) in [6, 6.07) is 38.9. The number of pyridine rings is 1. The SMILES string of the molecule is CC1CC1.Cc1ccc(C)c(Cl)c1.Cc1ccc(C)cc1.Cc1cccc(Cl)c1.Cc1ccccc1.Cc1ccco1.Cc1ccnc(C(F)(F)F)c1. The summed E-state index contributed by atoms with van der Waals surface area (Å²) in [5, 5.41) is 1.67. The third kappa shape index (κ3) is 25.3. The fourth-order valence-electron chi connectivity index (χ4n) is 3.69. The van der Waals surface area contributed by atoms with Gasteiger partial charge in [-0.25, -0.2) is 0 Å². The molecule has 2 aromatic heterocycles. The molecule has 7 rings (SSSR count). The summed E-state index contributed by atoms with van der Waals surface area (Å²) < 4.78 is 40.5. The first-order valence-electron chi connectivity index (χ1n) is 17.5. The molecule has 0 amide bonds. The predicted molar refractivity (Wildman–Crippen MR) is 220 cm³/mol. The molecule has 284 valence electrons. The first-order valence-corrected chi connectivity index (χ1v) is 18.2. The quantitative estimate of drug-likeness (QED) is 0.154. The van der Waals surface area contributed by atoms with Crippen molar-refractivity contribution in [3.8, 4) is 0 Å². The number of hydrogen-bond donors (Lipinski definition) is 0. The van der Waals surface area contributed by atoms with Gasteiger partial charge in [-0.15, -0.1) is 0 Å². The van der Waals surface area contributed by atoms with Crippen molar-refractivity contribution >= 4 is 23.2 Å². The van der Waals surface area contributed by atoms with E-state index in [4.69, 9.17) is 27.6 Å². The van der Waals surface area contributed by atoms with E-state index in [1.807, 2.05) is 94.4 Å². The normalized spacial score (nSPS) is 11.0. The van der Waals surface area contributed by atoms with Gasteiger partial charge in [-0.2, -0.15) is 13.2 Å². The molecule has 6 aromatic rings. The molecule has 0 unspecified atom stereocenters. The van der Waals surface area contributed by atoms with Crippen LogP contribution in [0.5, 0.6) is 0 Å². The van der Waals surface area contributed by atoms with E-state index in [1.54, 1.807) is 13.2 Å². The van der Waals surface area contributed by atoms with Crippen LogP contribution in [-0.4, -0.2) is 4.98 Å². The summed E-state index contributed by atoms with van der Waals surface area (Å²) in [7, 11) is 0. The first-order chi connectivity index (χ1) is 25.0. The Hall–Kier alpha value is -4.32. The van der Waals surface area contributed by atoms with E-state index >= 15 is 0 Å². The van der Waals surface area contributed by atoms with Gasteiger partial charge in [-0.05, 0) is 126 Å². The highest BCUT2D eigenvalue weighted by atomic mass is 35.5. The maximum Gasteiger partial charge on any atom is 0.433 e. The molecule has 0 atom stereocenters. The van der Waals surface area contributed by atoms with Crippen LogP contribution in [0, 0.1) is 61.3 Å². The molecule has 2 nitrogen and oxygen atoms in total. The van der Waals surface area contributed by atoms with Gasteiger partial charge in [0.15, 0.2) is 0 Å². The van der Waals surface area contributed by atoms with E-state index in [2.05, 4.69) is 75.1 Å². The number of aromatic nitrogens is 1. The highest BCUT2D eigenvalue weighted by Crippen LogP contribution is 2.27. The molecule has 7 heteroatoms. The van der Waals surface area contributed by atoms with E-state index in [0.717, 1.165) is 39.6 Å². The molecule has 0 saturated heterocycles. The van der Waals surface area contributed by atoms with Crippen molar-refractivity contribution in [2.24, 2.45) is 5.92 Å². The molecular formula is C46H54Cl2F3NO. The molecule has 1 saturated carbocycles. The minimum atomic E-state index is -4.33. The number of nitrogens with zero attached hydrogens (tertiary/aromatic N) is 1. The van der Waals surface area contributed by atoms with Gasteiger partial charge in [0.25, 0.3) is 0 Å². The maximum absolute atomic E-state index is 11.9. The Morgan fingerprint density at radius 2 is 1.06 bits per heavy atom. The minimum absolute atomic E-state index is 0.562. The van der Waals surface area contributed by atoms with Crippen LogP contribution in [0.3, 0.4) is 0 Å². The molecule has 0 radical (unpaired) electrons. The standard InChI is InChI=1S/C8H9Cl.C8H10.C7H7Cl.C7H6F3N.C7H8.C5H6O.C4H8/c1-6-3-4-7(2)8(9)5-6;1-7-3-5-8(2)6-4-7;1-6-3-2-4-7(8)5-6;1-5-2-3-11-6(4-5)7(8,9)10;1-7-5-3-2-4-6-7;1-5-3-2-4-6-5;1-4-2-3-4/h3-5H,1-2H3;3-6H,1-2H3;2-5H,1H3;2-4H,1H3;2-6H,1H3;2-4H,1H3;4H,2-3H2,1H3. The van der Waals surface area contributed by atoms with Crippen molar-refractivity contribution < 1.29 is 17.6 Å². The molecule has 53 heavy (non-hydrogen) atoms. The molecule has 0 bridgehead atoms. The van der Waals surface area contributed by atoms with E-state index < -0.39 is 11.9 Å². The lowest BCUT2D eigenvalue weighted by Gasteiger charge is -2.04. The van der Waals surface area contributed by atoms with Crippen LogP contribution in [0.4, 0.5) is 13.2 Å². The zero-order valence-electron chi connectivity index (χ0n) is 32.4. The van der Waals surface area contributed by atoms with Gasteiger partial charge >= 0.3 is 6.18 Å². The average Bonchev–Trinajstić information content (AvgIpc) is 3.74. The Balaban J connectivity index is 0.000000314. The van der Waals surface area contributed by atoms with E-state index in [1.165, 1.54) is 46.7 Å². The van der Waals surface area contributed by atoms with E-state index in [0.29, 0.717) is 5.56 Å². The van der Waals surface area contributed by atoms with Gasteiger partial charge in [0.2, 0.25) is 0 Å². The molecular weight excluding hydrogens is 710 g/mol. The topological polar surface area (TPSA) is 26.0 Å². The number of halogens is 5. The molecule has 1 aliphatic rings. The van der Waals surface area contributed by atoms with Crippen molar-refractivity contribution in [3.05, 3.63) is 194 Å². The number of furan rings is 1. The molecule has 0 spiro atoms. The molecule has 0 aliphatic heterocycles. The molecule has 2 heterocycles. The number of rotatable bonds is 0. The second-order valence-corrected chi connectivity index (χ2v) is 13.8. The molecule has 1 aliphatic carbocycles. The Morgan fingerprint density at radius 3 is 1.36 bits per heavy atom. The number of benzene rings is 4. The fourth-order valence-corrected chi connectivity index (χ4v) is 4.17. The van der Waals surface area contributed by atoms with Gasteiger partial charge in [0.1, 0.15) is 11.5 Å². The molecule has 0 N–H and O–H groups in total. The van der Waals surface area contributed by atoms with Crippen molar-refractivity contribution in [2.45, 2.75) is 81.3 Å². The maximum atomic E-state index is 11.9. The lowest BCUT2D eigenvalue weighted by molar-refractivity contribution is -0.141. The number of hydrogen-bond acceptors (Lipinski definition) is 2. The Labute approximate surface area is 326 Å². The van der Waals surface area contributed by atoms with Crippen LogP contribution in [-0.2, 0) is 6.18 Å². The van der Waals surface area contributed by atoms with Crippen LogP contribution in [0.25, 0.3) is 0 Å². The summed E-state index contributed by atoms with van der Waals surface area (Å²) in [4.78, 5) is 3.19. The van der Waals surface area contributed by atoms with Crippen LogP contribution in [0.2, 0.25) is 10.0 Å². The van der Waals surface area contributed by atoms with Gasteiger partial charge in [0, 0.05) is 16.2 Å². The summed E-state index contributed by atoms with van der Waals surface area (Å²) in [5.41, 5.74) is 7.27. The van der Waals surface area contributed by atoms with Crippen LogP contribution in [0.1, 0.15) is 70.2 Å². The lowest BCUT2D eigenvalue weighted by Crippen LogP contribution is -2.07. The molecule has 4 aromatic carbocycles. The third-order valence-corrected chi connectivity index (χ3v) is 7.84. The van der Waals surface area contributed by atoms with Gasteiger partial charge in [-0.1, -0.05) is 139 Å². The Morgan fingerprint density at radius 1 is 0.566 bits per heavy atom. The zero-order chi connectivity index (χ0) is 39.8. The smallest absolute Gasteiger partial charge is 0.433 e. The zero-order valence-corrected chi connectivity index (χ0v) is 34.0. The van der Waals surface area contributed by atoms with Crippen LogP contribution < -0.4 is 0 Å². The first kappa shape index (κ1) is 46.7. The highest BCUT2D eigenvalue weighted by Gasteiger charge is 2.32. The van der Waals surface area contributed by atoms with Crippen molar-refractivity contribution in [1.29, 1.82) is 0 Å². The second-order valence-electron chi connectivity index (χ2n) is 13.0. The second kappa shape index (κ2) is 25.6. The third-order valence-electron chi connectivity index (χ3n) is 7.20. The Kier molecular flexibility index (Phi) is 22.6. The van der Waals surface area contributed by atoms with Gasteiger partial charge < -0.3 is 4.42 Å². The van der Waals surface area contributed by atoms with Crippen molar-refractivity contribution in [2.75, 3.05) is 0 Å². The fraction of sp³-hybridized carbons (Fsp3) is 0.283. The number of aryl methyl sites for hydroxylation is 8. The van der Waals surface area contributed by atoms with Crippen LogP contribution >= 0.6 is 23.2 Å².